The van der Waals surface area contributed by atoms with Crippen LogP contribution in [0.2, 0.25) is 0 Å². The van der Waals surface area contributed by atoms with Gasteiger partial charge >= 0.3 is 0 Å². The van der Waals surface area contributed by atoms with Gasteiger partial charge in [-0.15, -0.1) is 0 Å². The molecule has 38 heavy (non-hydrogen) atoms. The number of nitrogens with zero attached hydrogens (tertiary/aromatic N) is 4. The average molecular weight is 497 g/mol. The van der Waals surface area contributed by atoms with Gasteiger partial charge in [-0.1, -0.05) is 48.0 Å². The maximum absolute atomic E-state index is 12.5. The number of carbonyl (C=O) groups is 1. The third-order valence-corrected chi connectivity index (χ3v) is 6.23. The van der Waals surface area contributed by atoms with E-state index in [1.807, 2.05) is 116 Å². The number of rotatable bonds is 6. The minimum Gasteiger partial charge on any atom is -0.324 e. The molecular weight excluding hydrogens is 472 g/mol. The Kier molecular flexibility index (Phi) is 6.08. The second-order valence-corrected chi connectivity index (χ2v) is 8.95. The van der Waals surface area contributed by atoms with Crippen molar-refractivity contribution < 1.29 is 4.79 Å². The second kappa shape index (κ2) is 9.99. The molecule has 0 atom stereocenters. The summed E-state index contributed by atoms with van der Waals surface area (Å²) in [5.74, 6) is 0.427. The first-order valence-electron chi connectivity index (χ1n) is 12.2. The highest BCUT2D eigenvalue weighted by Crippen LogP contribution is 2.26. The van der Waals surface area contributed by atoms with Crippen LogP contribution in [-0.2, 0) is 0 Å². The molecule has 3 aromatic carbocycles. The van der Waals surface area contributed by atoms with E-state index in [9.17, 15) is 4.79 Å². The molecule has 2 N–H and O–H groups in total. The second-order valence-electron chi connectivity index (χ2n) is 8.95. The summed E-state index contributed by atoms with van der Waals surface area (Å²) in [7, 11) is 0. The minimum absolute atomic E-state index is 0.148. The van der Waals surface area contributed by atoms with E-state index in [-0.39, 0.29) is 5.91 Å². The summed E-state index contributed by atoms with van der Waals surface area (Å²) >= 11 is 0. The van der Waals surface area contributed by atoms with Gasteiger partial charge in [-0.25, -0.2) is 9.50 Å². The largest absolute Gasteiger partial charge is 0.324 e. The van der Waals surface area contributed by atoms with Gasteiger partial charge in [0.15, 0.2) is 0 Å². The summed E-state index contributed by atoms with van der Waals surface area (Å²) < 4.78 is 1.75. The lowest BCUT2D eigenvalue weighted by molar-refractivity contribution is 0.102. The van der Waals surface area contributed by atoms with Crippen molar-refractivity contribution in [2.45, 2.75) is 6.92 Å². The van der Waals surface area contributed by atoms with Crippen molar-refractivity contribution >= 4 is 28.7 Å². The van der Waals surface area contributed by atoms with Gasteiger partial charge in [0.05, 0.1) is 23.1 Å². The van der Waals surface area contributed by atoms with Crippen molar-refractivity contribution in [3.8, 4) is 22.5 Å². The monoisotopic (exact) mass is 496 g/mol. The molecule has 0 aliphatic rings. The van der Waals surface area contributed by atoms with Crippen LogP contribution in [0.1, 0.15) is 15.9 Å². The lowest BCUT2D eigenvalue weighted by Gasteiger charge is -2.11. The Hall–Kier alpha value is -5.30. The topological polar surface area (TPSA) is 84.2 Å². The quantitative estimate of drug-likeness (QED) is 0.266. The van der Waals surface area contributed by atoms with Crippen LogP contribution in [0, 0.1) is 6.92 Å². The van der Waals surface area contributed by atoms with Gasteiger partial charge in [-0.05, 0) is 67.6 Å². The van der Waals surface area contributed by atoms with Crippen molar-refractivity contribution in [2.24, 2.45) is 0 Å². The molecule has 7 nitrogen and oxygen atoms in total. The van der Waals surface area contributed by atoms with Crippen LogP contribution in [-0.4, -0.2) is 25.5 Å². The van der Waals surface area contributed by atoms with E-state index in [1.165, 1.54) is 0 Å². The molecule has 0 radical (unpaired) electrons. The Labute approximate surface area is 219 Å². The van der Waals surface area contributed by atoms with E-state index in [2.05, 4.69) is 20.7 Å². The number of fused-ring (bicyclic) bond motifs is 1. The van der Waals surface area contributed by atoms with E-state index in [1.54, 1.807) is 10.7 Å². The van der Waals surface area contributed by atoms with Gasteiger partial charge < -0.3 is 10.6 Å². The number of hydrogen-bond acceptors (Lipinski definition) is 5. The number of aryl methyl sites for hydroxylation is 1. The minimum atomic E-state index is -0.148. The highest BCUT2D eigenvalue weighted by molar-refractivity contribution is 6.04. The normalized spacial score (nSPS) is 10.9. The molecule has 184 valence electrons. The Morgan fingerprint density at radius 1 is 0.763 bits per heavy atom. The van der Waals surface area contributed by atoms with Crippen LogP contribution in [0.5, 0.6) is 0 Å². The molecule has 0 spiro atoms. The molecule has 0 saturated carbocycles. The fourth-order valence-electron chi connectivity index (χ4n) is 4.16. The van der Waals surface area contributed by atoms with Crippen molar-refractivity contribution in [3.05, 3.63) is 127 Å². The Bertz CT molecular complexity index is 1710. The third kappa shape index (κ3) is 4.85. The molecule has 0 unspecified atom stereocenters. The highest BCUT2D eigenvalue weighted by Gasteiger charge is 2.11. The van der Waals surface area contributed by atoms with Crippen molar-refractivity contribution in [2.75, 3.05) is 10.6 Å². The van der Waals surface area contributed by atoms with Crippen LogP contribution in [0.3, 0.4) is 0 Å². The summed E-state index contributed by atoms with van der Waals surface area (Å²) in [6, 6.07) is 33.0. The standard InChI is InChI=1S/C31H24N6O/c1-21-7-9-23(10-8-21)30(38)34-25-12-14-26(15-13-25)35-31-36-29(19-27-17-18-33-37(27)31)24-11-16-28(32-20-24)22-5-3-2-4-6-22/h2-20H,1H3,(H,34,38)(H,35,36). The van der Waals surface area contributed by atoms with Crippen molar-refractivity contribution in [1.82, 2.24) is 19.6 Å². The van der Waals surface area contributed by atoms with Crippen molar-refractivity contribution in [3.63, 3.8) is 0 Å². The van der Waals surface area contributed by atoms with Gasteiger partial charge in [0, 0.05) is 34.3 Å². The van der Waals surface area contributed by atoms with E-state index < -0.39 is 0 Å². The van der Waals surface area contributed by atoms with Crippen molar-refractivity contribution in [1.29, 1.82) is 0 Å². The van der Waals surface area contributed by atoms with Crippen LogP contribution in [0.4, 0.5) is 17.3 Å². The summed E-state index contributed by atoms with van der Waals surface area (Å²) in [6.45, 7) is 1.99. The Balaban J connectivity index is 1.22. The fourth-order valence-corrected chi connectivity index (χ4v) is 4.16. The number of carbonyl (C=O) groups excluding carboxylic acids is 1. The Morgan fingerprint density at radius 3 is 2.26 bits per heavy atom. The van der Waals surface area contributed by atoms with Crippen LogP contribution in [0.25, 0.3) is 28.0 Å². The molecule has 3 aromatic heterocycles. The van der Waals surface area contributed by atoms with Crippen LogP contribution in [0.15, 0.2) is 116 Å². The van der Waals surface area contributed by atoms with E-state index in [0.717, 1.165) is 39.3 Å². The van der Waals surface area contributed by atoms with E-state index >= 15 is 0 Å². The molecule has 0 saturated heterocycles. The molecule has 6 rings (SSSR count). The highest BCUT2D eigenvalue weighted by atomic mass is 16.1. The van der Waals surface area contributed by atoms with Gasteiger partial charge in [-0.3, -0.25) is 9.78 Å². The van der Waals surface area contributed by atoms with Gasteiger partial charge in [0.25, 0.3) is 5.91 Å². The smallest absolute Gasteiger partial charge is 0.255 e. The molecular formula is C31H24N6O. The van der Waals surface area contributed by atoms with Gasteiger partial charge in [0.1, 0.15) is 0 Å². The number of aromatic nitrogens is 4. The molecule has 6 aromatic rings. The molecule has 3 heterocycles. The van der Waals surface area contributed by atoms with Gasteiger partial charge in [0.2, 0.25) is 5.95 Å². The number of pyridine rings is 1. The first-order chi connectivity index (χ1) is 18.6. The number of anilines is 3. The summed E-state index contributed by atoms with van der Waals surface area (Å²) in [5, 5.41) is 10.7. The number of amides is 1. The number of benzene rings is 3. The molecule has 7 heteroatoms. The zero-order chi connectivity index (χ0) is 25.9. The van der Waals surface area contributed by atoms with E-state index in [0.29, 0.717) is 17.2 Å². The SMILES string of the molecule is Cc1ccc(C(=O)Nc2ccc(Nc3nc(-c4ccc(-c5ccccc5)nc4)cc4ccnn34)cc2)cc1. The number of nitrogens with one attached hydrogen (secondary N) is 2. The first kappa shape index (κ1) is 23.1. The lowest BCUT2D eigenvalue weighted by Crippen LogP contribution is -2.11. The molecule has 0 bridgehead atoms. The average Bonchev–Trinajstić information content (AvgIpc) is 3.44. The predicted molar refractivity (Wildman–Crippen MR) is 151 cm³/mol. The zero-order valence-electron chi connectivity index (χ0n) is 20.7. The summed E-state index contributed by atoms with van der Waals surface area (Å²) in [4.78, 5) is 22.0. The fraction of sp³-hybridized carbons (Fsp3) is 0.0323. The molecule has 0 fully saturated rings. The number of hydrogen-bond donors (Lipinski definition) is 2. The zero-order valence-corrected chi connectivity index (χ0v) is 20.7. The molecule has 0 aliphatic carbocycles. The van der Waals surface area contributed by atoms with E-state index in [4.69, 9.17) is 4.98 Å². The maximum atomic E-state index is 12.5. The maximum Gasteiger partial charge on any atom is 0.255 e. The summed E-state index contributed by atoms with van der Waals surface area (Å²) in [5.41, 5.74) is 7.83. The third-order valence-electron chi connectivity index (χ3n) is 6.23. The van der Waals surface area contributed by atoms with Gasteiger partial charge in [-0.2, -0.15) is 5.10 Å². The summed E-state index contributed by atoms with van der Waals surface area (Å²) in [6.07, 6.45) is 3.58. The molecule has 1 amide bonds. The molecule has 0 aliphatic heterocycles. The lowest BCUT2D eigenvalue weighted by atomic mass is 10.1. The Morgan fingerprint density at radius 2 is 1.53 bits per heavy atom. The first-order valence-corrected chi connectivity index (χ1v) is 12.2. The predicted octanol–water partition coefficient (Wildman–Crippen LogP) is 6.76. The van der Waals surface area contributed by atoms with Crippen LogP contribution < -0.4 is 10.6 Å². The van der Waals surface area contributed by atoms with Crippen LogP contribution >= 0.6 is 0 Å².